The monoisotopic (exact) mass is 315 g/mol. The molecule has 5 heteroatoms. The Morgan fingerprint density at radius 1 is 1.39 bits per heavy atom. The summed E-state index contributed by atoms with van der Waals surface area (Å²) in [5.41, 5.74) is 1.43. The van der Waals surface area contributed by atoms with Crippen LogP contribution in [0.15, 0.2) is 28.8 Å². The van der Waals surface area contributed by atoms with Gasteiger partial charge in [0.05, 0.1) is 24.3 Å². The molecule has 23 heavy (non-hydrogen) atoms. The van der Waals surface area contributed by atoms with Crippen LogP contribution in [-0.2, 0) is 11.2 Å². The third-order valence-corrected chi connectivity index (χ3v) is 4.74. The maximum absolute atomic E-state index is 12.3. The van der Waals surface area contributed by atoms with Crippen LogP contribution < -0.4 is 4.74 Å². The lowest BCUT2D eigenvalue weighted by molar-refractivity contribution is -0.130. The van der Waals surface area contributed by atoms with Crippen molar-refractivity contribution >= 4 is 5.78 Å². The predicted octanol–water partition coefficient (Wildman–Crippen LogP) is 2.64. The third-order valence-electron chi connectivity index (χ3n) is 4.74. The molecular weight excluding hydrogens is 294 g/mol. The molecule has 0 fully saturated rings. The summed E-state index contributed by atoms with van der Waals surface area (Å²) in [6.07, 6.45) is 0.316. The van der Waals surface area contributed by atoms with Gasteiger partial charge in [0.1, 0.15) is 17.3 Å². The molecule has 2 aromatic rings. The Kier molecular flexibility index (Phi) is 3.76. The number of aryl methyl sites for hydroxylation is 1. The van der Waals surface area contributed by atoms with Gasteiger partial charge in [0.15, 0.2) is 0 Å². The lowest BCUT2D eigenvalue weighted by atomic mass is 9.64. The molecule has 0 spiro atoms. The maximum Gasteiger partial charge on any atom is 0.137 e. The average molecular weight is 315 g/mol. The Hall–Kier alpha value is -2.14. The predicted molar refractivity (Wildman–Crippen MR) is 84.6 cm³/mol. The van der Waals surface area contributed by atoms with Crippen molar-refractivity contribution in [2.45, 2.75) is 38.7 Å². The zero-order valence-electron chi connectivity index (χ0n) is 13.8. The van der Waals surface area contributed by atoms with Crippen LogP contribution >= 0.6 is 0 Å². The highest BCUT2D eigenvalue weighted by molar-refractivity contribution is 5.82. The molecule has 122 valence electrons. The summed E-state index contributed by atoms with van der Waals surface area (Å²) in [7, 11) is 1.61. The maximum atomic E-state index is 12.3. The molecule has 1 N–H and O–H groups in total. The number of benzene rings is 1. The van der Waals surface area contributed by atoms with Crippen LogP contribution in [0.1, 0.15) is 42.3 Å². The Bertz CT molecular complexity index is 730. The average Bonchev–Trinajstić information content (AvgIpc) is 2.85. The molecule has 0 aliphatic heterocycles. The first-order valence-electron chi connectivity index (χ1n) is 7.67. The summed E-state index contributed by atoms with van der Waals surface area (Å²) in [6, 6.07) is 7.57. The molecule has 0 bridgehead atoms. The molecule has 1 heterocycles. The Morgan fingerprint density at radius 3 is 2.61 bits per heavy atom. The molecule has 3 rings (SSSR count). The Labute approximate surface area is 135 Å². The second-order valence-corrected chi connectivity index (χ2v) is 6.47. The number of hydrogen-bond acceptors (Lipinski definition) is 5. The van der Waals surface area contributed by atoms with Gasteiger partial charge in [-0.15, -0.1) is 0 Å². The third kappa shape index (κ3) is 2.55. The number of rotatable bonds is 3. The van der Waals surface area contributed by atoms with E-state index in [-0.39, 0.29) is 11.7 Å². The van der Waals surface area contributed by atoms with Crippen LogP contribution in [0.25, 0.3) is 0 Å². The van der Waals surface area contributed by atoms with Crippen LogP contribution in [0.2, 0.25) is 0 Å². The highest BCUT2D eigenvalue weighted by atomic mass is 16.5. The zero-order chi connectivity index (χ0) is 16.8. The molecule has 0 saturated heterocycles. The van der Waals surface area contributed by atoms with E-state index in [9.17, 15) is 9.90 Å². The SMILES string of the molecule is COc1ccc([C@H]2c3c(noc3C)C[C@](C)(O)[C@@H]2C(C)=O)cc1. The first kappa shape index (κ1) is 15.7. The van der Waals surface area contributed by atoms with E-state index in [0.717, 1.165) is 22.6 Å². The van der Waals surface area contributed by atoms with E-state index in [1.165, 1.54) is 6.92 Å². The smallest absolute Gasteiger partial charge is 0.137 e. The van der Waals surface area contributed by atoms with E-state index in [1.54, 1.807) is 14.0 Å². The van der Waals surface area contributed by atoms with Gasteiger partial charge in [0.25, 0.3) is 0 Å². The number of aliphatic hydroxyl groups is 1. The van der Waals surface area contributed by atoms with E-state index in [0.29, 0.717) is 12.2 Å². The summed E-state index contributed by atoms with van der Waals surface area (Å²) in [6.45, 7) is 5.08. The Morgan fingerprint density at radius 2 is 2.04 bits per heavy atom. The number of hydrogen-bond donors (Lipinski definition) is 1. The minimum atomic E-state index is -1.16. The fourth-order valence-electron chi connectivity index (χ4n) is 3.77. The van der Waals surface area contributed by atoms with Crippen molar-refractivity contribution < 1.29 is 19.2 Å². The quantitative estimate of drug-likeness (QED) is 0.942. The molecule has 5 nitrogen and oxygen atoms in total. The highest BCUT2D eigenvalue weighted by Crippen LogP contribution is 2.47. The minimum absolute atomic E-state index is 0.0398. The standard InChI is InChI=1S/C18H21NO4/c1-10(20)17-16(12-5-7-13(22-4)8-6-12)15-11(2)23-19-14(15)9-18(17,3)21/h5-8,16-17,21H,9H2,1-4H3/t16-,17+,18-/m0/s1. The van der Waals surface area contributed by atoms with Crippen molar-refractivity contribution in [2.24, 2.45) is 5.92 Å². The molecule has 1 aliphatic rings. The van der Waals surface area contributed by atoms with Gasteiger partial charge in [-0.05, 0) is 38.5 Å². The molecule has 3 atom stereocenters. The van der Waals surface area contributed by atoms with E-state index < -0.39 is 11.5 Å². The van der Waals surface area contributed by atoms with Crippen LogP contribution in [-0.4, -0.2) is 28.8 Å². The summed E-state index contributed by atoms with van der Waals surface area (Å²) >= 11 is 0. The number of aromatic nitrogens is 1. The summed E-state index contributed by atoms with van der Waals surface area (Å²) in [4.78, 5) is 12.3. The highest BCUT2D eigenvalue weighted by Gasteiger charge is 2.49. The van der Waals surface area contributed by atoms with Gasteiger partial charge in [-0.3, -0.25) is 4.79 Å². The van der Waals surface area contributed by atoms with Crippen LogP contribution in [0, 0.1) is 12.8 Å². The van der Waals surface area contributed by atoms with E-state index >= 15 is 0 Å². The zero-order valence-corrected chi connectivity index (χ0v) is 13.8. The van der Waals surface area contributed by atoms with Gasteiger partial charge in [0, 0.05) is 17.9 Å². The fourth-order valence-corrected chi connectivity index (χ4v) is 3.77. The van der Waals surface area contributed by atoms with Crippen LogP contribution in [0.3, 0.4) is 0 Å². The van der Waals surface area contributed by atoms with Crippen molar-refractivity contribution in [3.63, 3.8) is 0 Å². The summed E-state index contributed by atoms with van der Waals surface area (Å²) in [5, 5.41) is 15.0. The lowest BCUT2D eigenvalue weighted by Gasteiger charge is -2.40. The number of ether oxygens (including phenoxy) is 1. The molecule has 0 saturated carbocycles. The number of carbonyl (C=O) groups is 1. The molecule has 1 aromatic carbocycles. The first-order chi connectivity index (χ1) is 10.8. The molecule has 0 unspecified atom stereocenters. The lowest BCUT2D eigenvalue weighted by Crippen LogP contribution is -2.48. The van der Waals surface area contributed by atoms with Crippen molar-refractivity contribution in [3.8, 4) is 5.75 Å². The number of carbonyl (C=O) groups excluding carboxylic acids is 1. The minimum Gasteiger partial charge on any atom is -0.497 e. The summed E-state index contributed by atoms with van der Waals surface area (Å²) in [5.74, 6) is 0.590. The van der Waals surface area contributed by atoms with E-state index in [4.69, 9.17) is 9.26 Å². The van der Waals surface area contributed by atoms with Gasteiger partial charge in [-0.25, -0.2) is 0 Å². The summed E-state index contributed by atoms with van der Waals surface area (Å²) < 4.78 is 10.5. The van der Waals surface area contributed by atoms with Crippen LogP contribution in [0.5, 0.6) is 5.75 Å². The van der Waals surface area contributed by atoms with Gasteiger partial charge in [0.2, 0.25) is 0 Å². The first-order valence-corrected chi connectivity index (χ1v) is 7.67. The molecule has 1 aliphatic carbocycles. The number of methoxy groups -OCH3 is 1. The Balaban J connectivity index is 2.19. The topological polar surface area (TPSA) is 72.6 Å². The number of nitrogens with zero attached hydrogens (tertiary/aromatic N) is 1. The van der Waals surface area contributed by atoms with Gasteiger partial charge >= 0.3 is 0 Å². The van der Waals surface area contributed by atoms with Gasteiger partial charge < -0.3 is 14.4 Å². The fraction of sp³-hybridized carbons (Fsp3) is 0.444. The van der Waals surface area contributed by atoms with Crippen molar-refractivity contribution in [1.82, 2.24) is 5.16 Å². The second-order valence-electron chi connectivity index (χ2n) is 6.47. The molecule has 0 radical (unpaired) electrons. The second kappa shape index (κ2) is 5.49. The van der Waals surface area contributed by atoms with Gasteiger partial charge in [-0.1, -0.05) is 17.3 Å². The molecular formula is C18H21NO4. The number of ketones is 1. The largest absolute Gasteiger partial charge is 0.497 e. The van der Waals surface area contributed by atoms with Gasteiger partial charge in [-0.2, -0.15) is 0 Å². The molecule has 0 amide bonds. The van der Waals surface area contributed by atoms with Crippen LogP contribution in [0.4, 0.5) is 0 Å². The number of Topliss-reactive ketones (excluding diaryl/α,β-unsaturated/α-hetero) is 1. The van der Waals surface area contributed by atoms with E-state index in [1.807, 2.05) is 31.2 Å². The number of fused-ring (bicyclic) bond motifs is 1. The normalized spacial score (nSPS) is 26.7. The molecule has 1 aromatic heterocycles. The van der Waals surface area contributed by atoms with Crippen molar-refractivity contribution in [3.05, 3.63) is 46.8 Å². The van der Waals surface area contributed by atoms with E-state index in [2.05, 4.69) is 5.16 Å². The van der Waals surface area contributed by atoms with Crippen molar-refractivity contribution in [1.29, 1.82) is 0 Å². The van der Waals surface area contributed by atoms with Crippen molar-refractivity contribution in [2.75, 3.05) is 7.11 Å².